The zero-order valence-electron chi connectivity index (χ0n) is 17.2. The van der Waals surface area contributed by atoms with Crippen molar-refractivity contribution in [3.05, 3.63) is 60.0 Å². The van der Waals surface area contributed by atoms with E-state index in [9.17, 15) is 0 Å². The highest BCUT2D eigenvalue weighted by molar-refractivity contribution is 5.83. The molecule has 4 aromatic rings. The summed E-state index contributed by atoms with van der Waals surface area (Å²) < 4.78 is 10.7. The fraction of sp³-hybridized carbons (Fsp3) is 0.227. The molecule has 0 radical (unpaired) electrons. The molecule has 2 aromatic carbocycles. The maximum absolute atomic E-state index is 5.43. The first-order chi connectivity index (χ1) is 14.7. The summed E-state index contributed by atoms with van der Waals surface area (Å²) in [6.07, 6.45) is 2.90. The molecule has 0 aliphatic carbocycles. The van der Waals surface area contributed by atoms with Gasteiger partial charge in [-0.2, -0.15) is 15.0 Å². The first kappa shape index (κ1) is 19.5. The monoisotopic (exact) mass is 404 g/mol. The summed E-state index contributed by atoms with van der Waals surface area (Å²) in [6.45, 7) is 2.54. The maximum atomic E-state index is 5.43. The highest BCUT2D eigenvalue weighted by Crippen LogP contribution is 2.30. The van der Waals surface area contributed by atoms with Gasteiger partial charge in [-0.05, 0) is 37.1 Å². The molecule has 2 heterocycles. The first-order valence-corrected chi connectivity index (χ1v) is 9.67. The van der Waals surface area contributed by atoms with Crippen molar-refractivity contribution in [3.63, 3.8) is 0 Å². The van der Waals surface area contributed by atoms with E-state index in [1.54, 1.807) is 20.3 Å². The summed E-state index contributed by atoms with van der Waals surface area (Å²) in [7, 11) is 3.22. The number of para-hydroxylation sites is 1. The van der Waals surface area contributed by atoms with Crippen molar-refractivity contribution in [2.24, 2.45) is 0 Å². The highest BCUT2D eigenvalue weighted by atomic mass is 16.5. The van der Waals surface area contributed by atoms with Gasteiger partial charge in [0.2, 0.25) is 11.9 Å². The Bertz CT molecular complexity index is 1160. The van der Waals surface area contributed by atoms with E-state index in [0.29, 0.717) is 35.8 Å². The number of fused-ring (bicyclic) bond motifs is 1. The van der Waals surface area contributed by atoms with Crippen molar-refractivity contribution in [1.29, 1.82) is 0 Å². The van der Waals surface area contributed by atoms with Gasteiger partial charge in [0.1, 0.15) is 17.3 Å². The van der Waals surface area contributed by atoms with Crippen molar-refractivity contribution in [1.82, 2.24) is 19.9 Å². The molecule has 8 nitrogen and oxygen atoms in total. The highest BCUT2D eigenvalue weighted by Gasteiger charge is 2.10. The number of methoxy groups -OCH3 is 2. The first-order valence-electron chi connectivity index (χ1n) is 9.67. The molecular weight excluding hydrogens is 380 g/mol. The number of hydrogen-bond donors (Lipinski definition) is 3. The summed E-state index contributed by atoms with van der Waals surface area (Å²) in [6, 6.07) is 13.8. The molecule has 0 saturated heterocycles. The Morgan fingerprint density at radius 1 is 0.967 bits per heavy atom. The van der Waals surface area contributed by atoms with Crippen LogP contribution in [0.15, 0.2) is 48.7 Å². The topological polar surface area (TPSA) is 97.0 Å². The van der Waals surface area contributed by atoms with Gasteiger partial charge < -0.3 is 25.1 Å². The van der Waals surface area contributed by atoms with Gasteiger partial charge in [-0.15, -0.1) is 0 Å². The van der Waals surface area contributed by atoms with E-state index in [0.717, 1.165) is 17.6 Å². The SMILES string of the molecule is COc1ccc(Nc2nc(C)nc(NCCc3c[nH]c4ccccc34)n2)c(OC)c1. The molecule has 0 fully saturated rings. The Morgan fingerprint density at radius 2 is 1.80 bits per heavy atom. The zero-order valence-corrected chi connectivity index (χ0v) is 17.2. The lowest BCUT2D eigenvalue weighted by molar-refractivity contribution is 0.395. The second-order valence-electron chi connectivity index (χ2n) is 6.76. The number of ether oxygens (including phenoxy) is 2. The number of benzene rings is 2. The van der Waals surface area contributed by atoms with Gasteiger partial charge in [0.25, 0.3) is 0 Å². The van der Waals surface area contributed by atoms with Crippen LogP contribution < -0.4 is 20.1 Å². The average Bonchev–Trinajstić information content (AvgIpc) is 3.17. The van der Waals surface area contributed by atoms with Gasteiger partial charge in [0, 0.05) is 29.7 Å². The summed E-state index contributed by atoms with van der Waals surface area (Å²) in [5, 5.41) is 7.73. The third kappa shape index (κ3) is 4.27. The Kier molecular flexibility index (Phi) is 5.65. The maximum Gasteiger partial charge on any atom is 0.232 e. The number of H-pyrrole nitrogens is 1. The molecule has 154 valence electrons. The minimum absolute atomic E-state index is 0.445. The zero-order chi connectivity index (χ0) is 20.9. The largest absolute Gasteiger partial charge is 0.497 e. The molecule has 0 unspecified atom stereocenters. The van der Waals surface area contributed by atoms with Gasteiger partial charge in [-0.3, -0.25) is 0 Å². The molecular formula is C22H24N6O2. The number of aromatic nitrogens is 4. The minimum Gasteiger partial charge on any atom is -0.497 e. The van der Waals surface area contributed by atoms with E-state index in [-0.39, 0.29) is 0 Å². The molecule has 4 rings (SSSR count). The normalized spacial score (nSPS) is 10.8. The lowest BCUT2D eigenvalue weighted by Crippen LogP contribution is -2.11. The minimum atomic E-state index is 0.445. The van der Waals surface area contributed by atoms with Crippen LogP contribution in [0.1, 0.15) is 11.4 Å². The third-order valence-electron chi connectivity index (χ3n) is 4.75. The van der Waals surface area contributed by atoms with Gasteiger partial charge in [-0.25, -0.2) is 0 Å². The molecule has 8 heteroatoms. The van der Waals surface area contributed by atoms with Crippen LogP contribution in [-0.2, 0) is 6.42 Å². The van der Waals surface area contributed by atoms with Crippen LogP contribution in [0.5, 0.6) is 11.5 Å². The van der Waals surface area contributed by atoms with E-state index in [1.807, 2.05) is 37.4 Å². The number of nitrogens with zero attached hydrogens (tertiary/aromatic N) is 3. The van der Waals surface area contributed by atoms with Gasteiger partial charge >= 0.3 is 0 Å². The molecule has 0 aliphatic heterocycles. The van der Waals surface area contributed by atoms with Crippen molar-refractivity contribution in [2.45, 2.75) is 13.3 Å². The van der Waals surface area contributed by atoms with Crippen molar-refractivity contribution in [2.75, 3.05) is 31.4 Å². The Morgan fingerprint density at radius 3 is 2.63 bits per heavy atom. The number of rotatable bonds is 8. The fourth-order valence-corrected chi connectivity index (χ4v) is 3.29. The molecule has 0 saturated carbocycles. The van der Waals surface area contributed by atoms with Crippen LogP contribution in [0.25, 0.3) is 10.9 Å². The molecule has 3 N–H and O–H groups in total. The molecule has 0 spiro atoms. The Labute approximate surface area is 174 Å². The lowest BCUT2D eigenvalue weighted by Gasteiger charge is -2.12. The smallest absolute Gasteiger partial charge is 0.232 e. The third-order valence-corrected chi connectivity index (χ3v) is 4.75. The number of hydrogen-bond acceptors (Lipinski definition) is 7. The van der Waals surface area contributed by atoms with E-state index >= 15 is 0 Å². The number of nitrogens with one attached hydrogen (secondary N) is 3. The number of anilines is 3. The van der Waals surface area contributed by atoms with Crippen LogP contribution in [0.4, 0.5) is 17.6 Å². The average molecular weight is 404 g/mol. The second-order valence-corrected chi connectivity index (χ2v) is 6.76. The van der Waals surface area contributed by atoms with E-state index < -0.39 is 0 Å². The van der Waals surface area contributed by atoms with Crippen molar-refractivity contribution >= 4 is 28.5 Å². The van der Waals surface area contributed by atoms with E-state index in [2.05, 4.69) is 42.7 Å². The predicted molar refractivity (Wildman–Crippen MR) is 118 cm³/mol. The van der Waals surface area contributed by atoms with Gasteiger partial charge in [-0.1, -0.05) is 18.2 Å². The Hall–Kier alpha value is -3.81. The summed E-state index contributed by atoms with van der Waals surface area (Å²) in [4.78, 5) is 16.6. The van der Waals surface area contributed by atoms with E-state index in [1.165, 1.54) is 10.9 Å². The standard InChI is InChI=1S/C22H24N6O2/c1-14-25-21(23-11-10-15-13-24-18-7-5-4-6-17(15)18)28-22(26-14)27-19-9-8-16(29-2)12-20(19)30-3/h4-9,12-13,24H,10-11H2,1-3H3,(H2,23,25,26,27,28). The van der Waals surface area contributed by atoms with Crippen LogP contribution in [-0.4, -0.2) is 40.7 Å². The predicted octanol–water partition coefficient (Wildman–Crippen LogP) is 4.08. The second kappa shape index (κ2) is 8.69. The van der Waals surface area contributed by atoms with Gasteiger partial charge in [0.15, 0.2) is 0 Å². The fourth-order valence-electron chi connectivity index (χ4n) is 3.29. The summed E-state index contributed by atoms with van der Waals surface area (Å²) in [5.74, 6) is 2.94. The van der Waals surface area contributed by atoms with E-state index in [4.69, 9.17) is 9.47 Å². The number of aryl methyl sites for hydroxylation is 1. The summed E-state index contributed by atoms with van der Waals surface area (Å²) in [5.41, 5.74) is 3.14. The van der Waals surface area contributed by atoms with Crippen molar-refractivity contribution < 1.29 is 9.47 Å². The van der Waals surface area contributed by atoms with Crippen molar-refractivity contribution in [3.8, 4) is 11.5 Å². The lowest BCUT2D eigenvalue weighted by atomic mass is 10.1. The molecule has 30 heavy (non-hydrogen) atoms. The van der Waals surface area contributed by atoms with Crippen LogP contribution in [0.3, 0.4) is 0 Å². The Balaban J connectivity index is 1.45. The number of aromatic amines is 1. The summed E-state index contributed by atoms with van der Waals surface area (Å²) >= 11 is 0. The van der Waals surface area contributed by atoms with Gasteiger partial charge in [0.05, 0.1) is 19.9 Å². The quantitative estimate of drug-likeness (QED) is 0.407. The molecule has 2 aromatic heterocycles. The molecule has 0 amide bonds. The van der Waals surface area contributed by atoms with Crippen LogP contribution in [0.2, 0.25) is 0 Å². The van der Waals surface area contributed by atoms with Crippen LogP contribution in [0, 0.1) is 6.92 Å². The van der Waals surface area contributed by atoms with Crippen LogP contribution >= 0.6 is 0 Å². The molecule has 0 bridgehead atoms. The molecule has 0 aliphatic rings. The molecule has 0 atom stereocenters.